The Morgan fingerprint density at radius 2 is 2.00 bits per heavy atom. The molecule has 1 saturated heterocycles. The SMILES string of the molecule is Cc1cc(CC(C)Nc2nc(CN3CCOCC3)nc3scc(-c4ccccc4)c23)n[nH]1. The molecule has 0 radical (unpaired) electrons. The second kappa shape index (κ2) is 9.36. The first-order chi connectivity index (χ1) is 15.7. The van der Waals surface area contributed by atoms with Gasteiger partial charge >= 0.3 is 0 Å². The van der Waals surface area contributed by atoms with Gasteiger partial charge in [0.25, 0.3) is 0 Å². The van der Waals surface area contributed by atoms with Crippen molar-refractivity contribution < 1.29 is 4.74 Å². The summed E-state index contributed by atoms with van der Waals surface area (Å²) in [5.74, 6) is 1.75. The third-order valence-corrected chi connectivity index (χ3v) is 6.56. The number of rotatable bonds is 7. The summed E-state index contributed by atoms with van der Waals surface area (Å²) in [6, 6.07) is 12.7. The second-order valence-electron chi connectivity index (χ2n) is 8.36. The van der Waals surface area contributed by atoms with Gasteiger partial charge in [-0.15, -0.1) is 11.3 Å². The molecule has 1 aliphatic rings. The summed E-state index contributed by atoms with van der Waals surface area (Å²) in [4.78, 5) is 13.3. The molecule has 5 rings (SSSR count). The number of aromatic nitrogens is 4. The fourth-order valence-electron chi connectivity index (χ4n) is 4.13. The van der Waals surface area contributed by atoms with E-state index >= 15 is 0 Å². The van der Waals surface area contributed by atoms with Crippen LogP contribution in [-0.2, 0) is 17.7 Å². The van der Waals surface area contributed by atoms with Crippen molar-refractivity contribution in [3.8, 4) is 11.1 Å². The van der Waals surface area contributed by atoms with Crippen molar-refractivity contribution in [3.63, 3.8) is 0 Å². The van der Waals surface area contributed by atoms with E-state index in [1.54, 1.807) is 11.3 Å². The lowest BCUT2D eigenvalue weighted by molar-refractivity contribution is 0.0331. The van der Waals surface area contributed by atoms with Crippen LogP contribution in [0.3, 0.4) is 0 Å². The Morgan fingerprint density at radius 3 is 2.75 bits per heavy atom. The molecule has 166 valence electrons. The number of benzene rings is 1. The number of H-pyrrole nitrogens is 1. The highest BCUT2D eigenvalue weighted by molar-refractivity contribution is 7.17. The highest BCUT2D eigenvalue weighted by Crippen LogP contribution is 2.37. The molecule has 32 heavy (non-hydrogen) atoms. The Morgan fingerprint density at radius 1 is 1.19 bits per heavy atom. The predicted octanol–water partition coefficient (Wildman–Crippen LogP) is 4.27. The number of hydrogen-bond acceptors (Lipinski definition) is 7. The van der Waals surface area contributed by atoms with Crippen LogP contribution < -0.4 is 5.32 Å². The number of fused-ring (bicyclic) bond motifs is 1. The average molecular weight is 449 g/mol. The Hall–Kier alpha value is -2.81. The van der Waals surface area contributed by atoms with Crippen LogP contribution in [-0.4, -0.2) is 57.4 Å². The molecule has 2 N–H and O–H groups in total. The molecule has 1 unspecified atom stereocenters. The Kier molecular flexibility index (Phi) is 6.16. The second-order valence-corrected chi connectivity index (χ2v) is 9.22. The molecule has 0 aliphatic carbocycles. The lowest BCUT2D eigenvalue weighted by atomic mass is 10.1. The lowest BCUT2D eigenvalue weighted by Crippen LogP contribution is -2.36. The van der Waals surface area contributed by atoms with E-state index in [0.29, 0.717) is 0 Å². The molecule has 0 saturated carbocycles. The average Bonchev–Trinajstić information content (AvgIpc) is 3.41. The number of ether oxygens (including phenoxy) is 1. The van der Waals surface area contributed by atoms with Crippen LogP contribution in [0.2, 0.25) is 0 Å². The van der Waals surface area contributed by atoms with Crippen molar-refractivity contribution in [2.75, 3.05) is 31.6 Å². The van der Waals surface area contributed by atoms with E-state index in [2.05, 4.69) is 63.0 Å². The smallest absolute Gasteiger partial charge is 0.146 e. The van der Waals surface area contributed by atoms with Crippen molar-refractivity contribution in [2.45, 2.75) is 32.9 Å². The minimum atomic E-state index is 0.176. The van der Waals surface area contributed by atoms with E-state index in [4.69, 9.17) is 14.7 Å². The molecule has 7 nitrogen and oxygen atoms in total. The Labute approximate surface area is 191 Å². The lowest BCUT2D eigenvalue weighted by Gasteiger charge is -2.26. The van der Waals surface area contributed by atoms with Gasteiger partial charge in [-0.05, 0) is 25.5 Å². The normalized spacial score (nSPS) is 15.8. The zero-order chi connectivity index (χ0) is 21.9. The Balaban J connectivity index is 1.49. The van der Waals surface area contributed by atoms with Crippen molar-refractivity contribution in [3.05, 3.63) is 59.0 Å². The molecular weight excluding hydrogens is 420 g/mol. The summed E-state index contributed by atoms with van der Waals surface area (Å²) in [7, 11) is 0. The van der Waals surface area contributed by atoms with Gasteiger partial charge in [0, 0.05) is 42.2 Å². The summed E-state index contributed by atoms with van der Waals surface area (Å²) in [6.45, 7) is 8.30. The van der Waals surface area contributed by atoms with Gasteiger partial charge in [0.2, 0.25) is 0 Å². The fraction of sp³-hybridized carbons (Fsp3) is 0.375. The van der Waals surface area contributed by atoms with Crippen molar-refractivity contribution >= 4 is 27.4 Å². The van der Waals surface area contributed by atoms with E-state index in [1.165, 1.54) is 11.1 Å². The molecule has 4 aromatic rings. The van der Waals surface area contributed by atoms with Gasteiger partial charge in [0.15, 0.2) is 0 Å². The van der Waals surface area contributed by atoms with Gasteiger partial charge < -0.3 is 10.1 Å². The number of thiophene rings is 1. The highest BCUT2D eigenvalue weighted by atomic mass is 32.1. The maximum atomic E-state index is 5.49. The van der Waals surface area contributed by atoms with E-state index in [1.807, 2.05) is 13.0 Å². The monoisotopic (exact) mass is 448 g/mol. The minimum Gasteiger partial charge on any atom is -0.379 e. The maximum Gasteiger partial charge on any atom is 0.146 e. The topological polar surface area (TPSA) is 79.0 Å². The first-order valence-electron chi connectivity index (χ1n) is 11.1. The maximum absolute atomic E-state index is 5.49. The number of anilines is 1. The molecule has 8 heteroatoms. The van der Waals surface area contributed by atoms with Crippen molar-refractivity contribution in [1.82, 2.24) is 25.1 Å². The predicted molar refractivity (Wildman–Crippen MR) is 129 cm³/mol. The number of aryl methyl sites for hydroxylation is 1. The highest BCUT2D eigenvalue weighted by Gasteiger charge is 2.19. The van der Waals surface area contributed by atoms with Gasteiger partial charge in [-0.2, -0.15) is 5.10 Å². The van der Waals surface area contributed by atoms with Crippen LogP contribution in [0.15, 0.2) is 41.8 Å². The minimum absolute atomic E-state index is 0.176. The molecule has 0 spiro atoms. The van der Waals surface area contributed by atoms with Crippen molar-refractivity contribution in [2.24, 2.45) is 0 Å². The fourth-order valence-corrected chi connectivity index (χ4v) is 5.09. The van der Waals surface area contributed by atoms with Gasteiger partial charge in [-0.25, -0.2) is 9.97 Å². The quantitative estimate of drug-likeness (QED) is 0.440. The van der Waals surface area contributed by atoms with Crippen LogP contribution in [0.5, 0.6) is 0 Å². The van der Waals surface area contributed by atoms with Crippen LogP contribution >= 0.6 is 11.3 Å². The van der Waals surface area contributed by atoms with Crippen LogP contribution in [0, 0.1) is 6.92 Å². The van der Waals surface area contributed by atoms with Gasteiger partial charge in [0.05, 0.1) is 30.8 Å². The van der Waals surface area contributed by atoms with Crippen LogP contribution in [0.1, 0.15) is 24.1 Å². The zero-order valence-electron chi connectivity index (χ0n) is 18.5. The summed E-state index contributed by atoms with van der Waals surface area (Å²) < 4.78 is 5.49. The number of morpholine rings is 1. The molecule has 4 heterocycles. The third-order valence-electron chi connectivity index (χ3n) is 5.69. The number of hydrogen-bond donors (Lipinski definition) is 2. The van der Waals surface area contributed by atoms with Gasteiger partial charge in [-0.3, -0.25) is 10.00 Å². The molecule has 3 aromatic heterocycles. The van der Waals surface area contributed by atoms with Crippen molar-refractivity contribution in [1.29, 1.82) is 0 Å². The first-order valence-corrected chi connectivity index (χ1v) is 11.9. The van der Waals surface area contributed by atoms with E-state index in [9.17, 15) is 0 Å². The van der Waals surface area contributed by atoms with Gasteiger partial charge in [-0.1, -0.05) is 30.3 Å². The molecule has 1 aromatic carbocycles. The molecule has 0 amide bonds. The molecule has 1 atom stereocenters. The van der Waals surface area contributed by atoms with Crippen LogP contribution in [0.4, 0.5) is 5.82 Å². The number of nitrogens with one attached hydrogen (secondary N) is 2. The third kappa shape index (κ3) is 4.67. The summed E-state index contributed by atoms with van der Waals surface area (Å²) in [6.07, 6.45) is 0.819. The Bertz CT molecular complexity index is 1180. The largest absolute Gasteiger partial charge is 0.379 e. The molecule has 0 bridgehead atoms. The standard InChI is InChI=1S/C24H28N6OS/c1-16(12-19-13-17(2)28-29-19)25-23-22-20(18-6-4-3-5-7-18)15-32-24(22)27-21(26-23)14-30-8-10-31-11-9-30/h3-7,13,15-16H,8-12,14H2,1-2H3,(H,28,29)(H,25,26,27). The molecular formula is C24H28N6OS. The van der Waals surface area contributed by atoms with Crippen LogP contribution in [0.25, 0.3) is 21.3 Å². The van der Waals surface area contributed by atoms with E-state index < -0.39 is 0 Å². The number of aromatic amines is 1. The van der Waals surface area contributed by atoms with E-state index in [0.717, 1.165) is 72.5 Å². The van der Waals surface area contributed by atoms with E-state index in [-0.39, 0.29) is 6.04 Å². The summed E-state index contributed by atoms with van der Waals surface area (Å²) in [5, 5.41) is 14.4. The number of nitrogens with zero attached hydrogens (tertiary/aromatic N) is 4. The molecule has 1 aliphatic heterocycles. The summed E-state index contributed by atoms with van der Waals surface area (Å²) in [5.41, 5.74) is 4.49. The summed E-state index contributed by atoms with van der Waals surface area (Å²) >= 11 is 1.68. The zero-order valence-corrected chi connectivity index (χ0v) is 19.3. The first kappa shape index (κ1) is 21.1. The van der Waals surface area contributed by atoms with Gasteiger partial charge in [0.1, 0.15) is 16.5 Å². The molecule has 1 fully saturated rings.